The van der Waals surface area contributed by atoms with Crippen LogP contribution < -0.4 is 10.6 Å². The van der Waals surface area contributed by atoms with Crippen LogP contribution in [0.15, 0.2) is 48.5 Å². The topological polar surface area (TPSA) is 148 Å². The van der Waals surface area contributed by atoms with E-state index in [-0.39, 0.29) is 24.3 Å². The maximum Gasteiger partial charge on any atom is 0.328 e. The molecule has 2 aromatic carbocycles. The minimum Gasteiger partial charge on any atom is -0.508 e. The monoisotopic (exact) mass is 429 g/mol. The van der Waals surface area contributed by atoms with Crippen LogP contribution in [0.5, 0.6) is 5.75 Å². The van der Waals surface area contributed by atoms with Gasteiger partial charge in [-0.1, -0.05) is 24.3 Å². The van der Waals surface area contributed by atoms with Gasteiger partial charge in [-0.3, -0.25) is 19.7 Å². The number of aromatic hydroxyl groups is 1. The number of phenolic OH excluding ortho intramolecular Hbond substituents is 1. The third-order valence-electron chi connectivity index (χ3n) is 4.41. The number of carbonyl (C=O) groups is 3. The molecule has 0 fully saturated rings. The Morgan fingerprint density at radius 3 is 2.42 bits per heavy atom. The molecular formula is C21H23N3O7. The van der Waals surface area contributed by atoms with E-state index in [9.17, 15) is 29.6 Å². The minimum absolute atomic E-state index is 0.0224. The summed E-state index contributed by atoms with van der Waals surface area (Å²) in [5.41, 5.74) is 0.901. The molecule has 2 rings (SSSR count). The number of amides is 2. The first-order valence-corrected chi connectivity index (χ1v) is 9.38. The van der Waals surface area contributed by atoms with Crippen LogP contribution in [-0.4, -0.2) is 47.0 Å². The second-order valence-corrected chi connectivity index (χ2v) is 6.85. The van der Waals surface area contributed by atoms with Crippen LogP contribution in [0.3, 0.4) is 0 Å². The molecule has 0 aliphatic heterocycles. The molecule has 31 heavy (non-hydrogen) atoms. The molecule has 0 saturated carbocycles. The van der Waals surface area contributed by atoms with E-state index in [0.29, 0.717) is 11.1 Å². The Kier molecular flexibility index (Phi) is 8.07. The summed E-state index contributed by atoms with van der Waals surface area (Å²) in [5, 5.41) is 25.4. The van der Waals surface area contributed by atoms with Gasteiger partial charge in [0.2, 0.25) is 11.8 Å². The highest BCUT2D eigenvalue weighted by Crippen LogP contribution is 2.14. The number of carbonyl (C=O) groups excluding carboxylic acids is 3. The number of esters is 1. The van der Waals surface area contributed by atoms with Crippen LogP contribution in [0.2, 0.25) is 0 Å². The maximum absolute atomic E-state index is 12.5. The first-order valence-electron chi connectivity index (χ1n) is 9.38. The molecule has 0 aliphatic carbocycles. The minimum atomic E-state index is -1.02. The third-order valence-corrected chi connectivity index (χ3v) is 4.41. The number of benzene rings is 2. The summed E-state index contributed by atoms with van der Waals surface area (Å²) in [6, 6.07) is 9.89. The molecule has 0 heterocycles. The van der Waals surface area contributed by atoms with Crippen LogP contribution >= 0.6 is 0 Å². The number of phenols is 1. The zero-order chi connectivity index (χ0) is 23.0. The van der Waals surface area contributed by atoms with Gasteiger partial charge in [0.05, 0.1) is 18.5 Å². The molecule has 0 radical (unpaired) electrons. The smallest absolute Gasteiger partial charge is 0.328 e. The first-order chi connectivity index (χ1) is 14.7. The number of hydrogen-bond donors (Lipinski definition) is 3. The van der Waals surface area contributed by atoms with Gasteiger partial charge >= 0.3 is 5.97 Å². The molecule has 0 saturated heterocycles. The Morgan fingerprint density at radius 2 is 1.77 bits per heavy atom. The number of methoxy groups -OCH3 is 1. The molecule has 1 unspecified atom stereocenters. The average Bonchev–Trinajstić information content (AvgIpc) is 2.72. The van der Waals surface area contributed by atoms with E-state index in [2.05, 4.69) is 10.6 Å². The highest BCUT2D eigenvalue weighted by Gasteiger charge is 2.25. The Bertz CT molecular complexity index is 977. The predicted octanol–water partition coefficient (Wildman–Crippen LogP) is 1.25. The number of nitrogens with zero attached hydrogens (tertiary/aromatic N) is 1. The van der Waals surface area contributed by atoms with Crippen molar-refractivity contribution in [2.45, 2.75) is 31.8 Å². The fourth-order valence-corrected chi connectivity index (χ4v) is 2.87. The lowest BCUT2D eigenvalue weighted by atomic mass is 10.1. The summed E-state index contributed by atoms with van der Waals surface area (Å²) in [6.07, 6.45) is -0.0653. The van der Waals surface area contributed by atoms with Gasteiger partial charge in [-0.05, 0) is 30.2 Å². The molecular weight excluding hydrogens is 406 g/mol. The molecule has 2 aromatic rings. The van der Waals surface area contributed by atoms with Gasteiger partial charge in [-0.25, -0.2) is 4.79 Å². The molecule has 0 aromatic heterocycles. The van der Waals surface area contributed by atoms with Gasteiger partial charge in [-0.2, -0.15) is 0 Å². The first kappa shape index (κ1) is 23.3. The van der Waals surface area contributed by atoms with Crippen LogP contribution in [-0.2, 0) is 32.0 Å². The van der Waals surface area contributed by atoms with Crippen molar-refractivity contribution in [3.63, 3.8) is 0 Å². The highest BCUT2D eigenvalue weighted by atomic mass is 16.6. The molecule has 2 amide bonds. The van der Waals surface area contributed by atoms with E-state index in [4.69, 9.17) is 4.74 Å². The Morgan fingerprint density at radius 1 is 1.10 bits per heavy atom. The summed E-state index contributed by atoms with van der Waals surface area (Å²) >= 11 is 0. The van der Waals surface area contributed by atoms with Crippen LogP contribution in [0.25, 0.3) is 0 Å². The Balaban J connectivity index is 1.98. The van der Waals surface area contributed by atoms with Crippen molar-refractivity contribution in [3.05, 3.63) is 69.8 Å². The number of rotatable bonds is 9. The summed E-state index contributed by atoms with van der Waals surface area (Å²) < 4.78 is 4.73. The quantitative estimate of drug-likeness (QED) is 0.309. The van der Waals surface area contributed by atoms with E-state index < -0.39 is 34.8 Å². The standard InChI is InChI=1S/C21H23N3O7/c1-13(22-19(26)12-14-5-3-7-16(9-14)24(29)30)20(27)23-18(21(28)31-2)11-15-6-4-8-17(25)10-15/h3-10,13,18,25H,11-12H2,1-2H3,(H,22,26)(H,23,27)/t13-,18?/m0/s1. The molecule has 0 spiro atoms. The van der Waals surface area contributed by atoms with Crippen molar-refractivity contribution in [1.82, 2.24) is 10.6 Å². The summed E-state index contributed by atoms with van der Waals surface area (Å²) in [5.74, 6) is -1.77. The third kappa shape index (κ3) is 7.11. The summed E-state index contributed by atoms with van der Waals surface area (Å²) in [6.45, 7) is 1.45. The Hall–Kier alpha value is -3.95. The molecule has 2 atom stereocenters. The summed E-state index contributed by atoms with van der Waals surface area (Å²) in [4.78, 5) is 47.1. The van der Waals surface area contributed by atoms with Gasteiger partial charge in [-0.15, -0.1) is 0 Å². The lowest BCUT2D eigenvalue weighted by Crippen LogP contribution is -2.51. The molecule has 10 nitrogen and oxygen atoms in total. The van der Waals surface area contributed by atoms with Crippen molar-refractivity contribution in [1.29, 1.82) is 0 Å². The van der Waals surface area contributed by atoms with Crippen LogP contribution in [0.4, 0.5) is 5.69 Å². The van der Waals surface area contributed by atoms with Crippen molar-refractivity contribution in [2.75, 3.05) is 7.11 Å². The number of nitro benzene ring substituents is 1. The predicted molar refractivity (Wildman–Crippen MR) is 110 cm³/mol. The number of ether oxygens (including phenoxy) is 1. The van der Waals surface area contributed by atoms with Gasteiger partial charge in [0.1, 0.15) is 17.8 Å². The van der Waals surface area contributed by atoms with Gasteiger partial charge in [0, 0.05) is 18.6 Å². The highest BCUT2D eigenvalue weighted by molar-refractivity contribution is 5.91. The Labute approximate surface area is 178 Å². The van der Waals surface area contributed by atoms with E-state index in [1.165, 1.54) is 44.4 Å². The van der Waals surface area contributed by atoms with Crippen LogP contribution in [0, 0.1) is 10.1 Å². The van der Waals surface area contributed by atoms with Crippen molar-refractivity contribution in [2.24, 2.45) is 0 Å². The van der Waals surface area contributed by atoms with Gasteiger partial charge in [0.25, 0.3) is 5.69 Å². The fraction of sp³-hybridized carbons (Fsp3) is 0.286. The SMILES string of the molecule is COC(=O)C(Cc1cccc(O)c1)NC(=O)[C@H](C)NC(=O)Cc1cccc([N+](=O)[O-])c1. The van der Waals surface area contributed by atoms with Crippen molar-refractivity contribution in [3.8, 4) is 5.75 Å². The van der Waals surface area contributed by atoms with Crippen molar-refractivity contribution >= 4 is 23.5 Å². The second-order valence-electron chi connectivity index (χ2n) is 6.85. The number of hydrogen-bond acceptors (Lipinski definition) is 7. The van der Waals surface area contributed by atoms with Gasteiger partial charge < -0.3 is 20.5 Å². The number of non-ortho nitro benzene ring substituents is 1. The number of nitro groups is 1. The van der Waals surface area contributed by atoms with Gasteiger partial charge in [0.15, 0.2) is 0 Å². The molecule has 10 heteroatoms. The summed E-state index contributed by atoms with van der Waals surface area (Å²) in [7, 11) is 1.19. The lowest BCUT2D eigenvalue weighted by molar-refractivity contribution is -0.384. The van der Waals surface area contributed by atoms with E-state index in [1.807, 2.05) is 0 Å². The molecule has 0 bridgehead atoms. The zero-order valence-corrected chi connectivity index (χ0v) is 17.0. The van der Waals surface area contributed by atoms with E-state index in [0.717, 1.165) is 0 Å². The number of nitrogens with one attached hydrogen (secondary N) is 2. The van der Waals surface area contributed by atoms with Crippen molar-refractivity contribution < 1.29 is 29.2 Å². The molecule has 164 valence electrons. The van der Waals surface area contributed by atoms with Crippen LogP contribution in [0.1, 0.15) is 18.1 Å². The molecule has 3 N–H and O–H groups in total. The zero-order valence-electron chi connectivity index (χ0n) is 17.0. The average molecular weight is 429 g/mol. The maximum atomic E-state index is 12.5. The second kappa shape index (κ2) is 10.7. The molecule has 0 aliphatic rings. The largest absolute Gasteiger partial charge is 0.508 e. The van der Waals surface area contributed by atoms with E-state index in [1.54, 1.807) is 18.2 Å². The lowest BCUT2D eigenvalue weighted by Gasteiger charge is -2.20. The van der Waals surface area contributed by atoms with E-state index >= 15 is 0 Å². The normalized spacial score (nSPS) is 12.3. The fourth-order valence-electron chi connectivity index (χ4n) is 2.87.